The molecule has 24 heavy (non-hydrogen) atoms. The maximum absolute atomic E-state index is 14.1. The average Bonchev–Trinajstić information content (AvgIpc) is 3.01. The molecule has 124 valence electrons. The van der Waals surface area contributed by atoms with Crippen LogP contribution in [0.5, 0.6) is 5.75 Å². The first-order valence-corrected chi connectivity index (χ1v) is 7.68. The molecule has 3 aromatic rings. The van der Waals surface area contributed by atoms with Crippen molar-refractivity contribution >= 4 is 0 Å². The molecule has 1 heterocycles. The van der Waals surface area contributed by atoms with Gasteiger partial charge in [0.25, 0.3) is 0 Å². The van der Waals surface area contributed by atoms with Crippen molar-refractivity contribution in [2.75, 3.05) is 7.11 Å². The number of aryl methyl sites for hydroxylation is 1. The van der Waals surface area contributed by atoms with Gasteiger partial charge in [-0.05, 0) is 32.0 Å². The van der Waals surface area contributed by atoms with Crippen molar-refractivity contribution in [2.24, 2.45) is 0 Å². The Bertz CT molecular complexity index is 854. The minimum absolute atomic E-state index is 0.179. The molecule has 1 N–H and O–H groups in total. The van der Waals surface area contributed by atoms with E-state index in [4.69, 9.17) is 4.74 Å². The maximum atomic E-state index is 14.1. The number of methoxy groups -OCH3 is 1. The van der Waals surface area contributed by atoms with Gasteiger partial charge in [-0.25, -0.2) is 9.07 Å². The molecular weight excluding hydrogens is 307 g/mol. The quantitative estimate of drug-likeness (QED) is 0.787. The predicted molar refractivity (Wildman–Crippen MR) is 90.9 cm³/mol. The van der Waals surface area contributed by atoms with E-state index in [1.165, 1.54) is 13.2 Å². The number of halogens is 1. The minimum Gasteiger partial charge on any atom is -0.494 e. The predicted octanol–water partition coefficient (Wildman–Crippen LogP) is 4.05. The molecule has 1 atom stereocenters. The molecule has 5 heteroatoms. The molecule has 0 saturated heterocycles. The van der Waals surface area contributed by atoms with Crippen LogP contribution in [0.3, 0.4) is 0 Å². The summed E-state index contributed by atoms with van der Waals surface area (Å²) in [5.41, 5.74) is 3.97. The molecule has 2 aromatic carbocycles. The average molecular weight is 326 g/mol. The lowest BCUT2D eigenvalue weighted by Crippen LogP contribution is -2.02. The van der Waals surface area contributed by atoms with Crippen molar-refractivity contribution in [2.45, 2.75) is 20.0 Å². The Morgan fingerprint density at radius 2 is 1.83 bits per heavy atom. The van der Waals surface area contributed by atoms with Gasteiger partial charge < -0.3 is 9.84 Å². The van der Waals surface area contributed by atoms with Crippen molar-refractivity contribution in [3.8, 4) is 22.7 Å². The molecule has 1 aromatic heterocycles. The zero-order valence-corrected chi connectivity index (χ0v) is 13.8. The lowest BCUT2D eigenvalue weighted by atomic mass is 10.1. The van der Waals surface area contributed by atoms with Crippen LogP contribution in [0.25, 0.3) is 16.9 Å². The second-order valence-corrected chi connectivity index (χ2v) is 5.73. The van der Waals surface area contributed by atoms with Gasteiger partial charge in [-0.2, -0.15) is 5.10 Å². The van der Waals surface area contributed by atoms with Crippen LogP contribution < -0.4 is 4.74 Å². The highest BCUT2D eigenvalue weighted by Crippen LogP contribution is 2.28. The molecule has 0 saturated carbocycles. The summed E-state index contributed by atoms with van der Waals surface area (Å²) in [6, 6.07) is 14.5. The monoisotopic (exact) mass is 326 g/mol. The van der Waals surface area contributed by atoms with Crippen LogP contribution >= 0.6 is 0 Å². The number of nitrogens with zero attached hydrogens (tertiary/aromatic N) is 2. The second-order valence-electron chi connectivity index (χ2n) is 5.73. The van der Waals surface area contributed by atoms with Crippen LogP contribution in [0, 0.1) is 12.7 Å². The van der Waals surface area contributed by atoms with Crippen LogP contribution in [0.2, 0.25) is 0 Å². The fourth-order valence-corrected chi connectivity index (χ4v) is 2.52. The molecular formula is C19H19FN2O2. The van der Waals surface area contributed by atoms with Crippen LogP contribution in [-0.4, -0.2) is 22.0 Å². The molecule has 3 rings (SSSR count). The summed E-state index contributed by atoms with van der Waals surface area (Å²) in [6.45, 7) is 3.67. The largest absolute Gasteiger partial charge is 0.494 e. The van der Waals surface area contributed by atoms with E-state index in [0.717, 1.165) is 16.8 Å². The summed E-state index contributed by atoms with van der Waals surface area (Å²) in [4.78, 5) is 0. The molecule has 0 aliphatic rings. The lowest BCUT2D eigenvalue weighted by Gasteiger charge is -2.09. The Morgan fingerprint density at radius 1 is 1.12 bits per heavy atom. The summed E-state index contributed by atoms with van der Waals surface area (Å²) in [5.74, 6) is -0.280. The standard InChI is InChI=1S/C19H19FN2O2/c1-12-4-6-14(7-5-12)18-11-17(13(2)23)21-22(18)15-8-9-19(24-3)16(20)10-15/h4-11,13,23H,1-3H3. The SMILES string of the molecule is COc1ccc(-n2nc(C(C)O)cc2-c2ccc(C)cc2)cc1F. The van der Waals surface area contributed by atoms with E-state index in [0.29, 0.717) is 11.4 Å². The highest BCUT2D eigenvalue weighted by atomic mass is 19.1. The topological polar surface area (TPSA) is 47.3 Å². The van der Waals surface area contributed by atoms with Gasteiger partial charge in [-0.3, -0.25) is 0 Å². The summed E-state index contributed by atoms with van der Waals surface area (Å²) in [5, 5.41) is 14.3. The van der Waals surface area contributed by atoms with Gasteiger partial charge in [0.1, 0.15) is 0 Å². The third-order valence-corrected chi connectivity index (χ3v) is 3.88. The minimum atomic E-state index is -0.710. The van der Waals surface area contributed by atoms with Crippen LogP contribution in [0.1, 0.15) is 24.3 Å². The van der Waals surface area contributed by atoms with Gasteiger partial charge in [0, 0.05) is 11.6 Å². The van der Waals surface area contributed by atoms with E-state index in [9.17, 15) is 9.50 Å². The van der Waals surface area contributed by atoms with Crippen molar-refractivity contribution in [3.63, 3.8) is 0 Å². The molecule has 0 amide bonds. The number of aliphatic hydroxyl groups excluding tert-OH is 1. The lowest BCUT2D eigenvalue weighted by molar-refractivity contribution is 0.193. The van der Waals surface area contributed by atoms with Crippen molar-refractivity contribution < 1.29 is 14.2 Å². The maximum Gasteiger partial charge on any atom is 0.167 e. The normalized spacial score (nSPS) is 12.2. The summed E-state index contributed by atoms with van der Waals surface area (Å²) >= 11 is 0. The Kier molecular flexibility index (Phi) is 4.36. The zero-order chi connectivity index (χ0) is 17.3. The van der Waals surface area contributed by atoms with Gasteiger partial charge >= 0.3 is 0 Å². The van der Waals surface area contributed by atoms with Crippen molar-refractivity contribution in [1.29, 1.82) is 0 Å². The number of aromatic nitrogens is 2. The highest BCUT2D eigenvalue weighted by Gasteiger charge is 2.16. The van der Waals surface area contributed by atoms with Crippen LogP contribution in [-0.2, 0) is 0 Å². The molecule has 0 spiro atoms. The van der Waals surface area contributed by atoms with Crippen LogP contribution in [0.4, 0.5) is 4.39 Å². The first-order chi connectivity index (χ1) is 11.5. The first-order valence-electron chi connectivity index (χ1n) is 7.68. The Morgan fingerprint density at radius 3 is 2.42 bits per heavy atom. The number of ether oxygens (including phenoxy) is 1. The fourth-order valence-electron chi connectivity index (χ4n) is 2.52. The Hall–Kier alpha value is -2.66. The number of aliphatic hydroxyl groups is 1. The third kappa shape index (κ3) is 3.03. The summed E-state index contributed by atoms with van der Waals surface area (Å²) in [7, 11) is 1.43. The summed E-state index contributed by atoms with van der Waals surface area (Å²) in [6.07, 6.45) is -0.710. The third-order valence-electron chi connectivity index (χ3n) is 3.88. The Balaban J connectivity index is 2.15. The van der Waals surface area contributed by atoms with Crippen molar-refractivity contribution in [3.05, 3.63) is 65.6 Å². The molecule has 0 fully saturated rings. The van der Waals surface area contributed by atoms with Gasteiger partial charge in [-0.1, -0.05) is 29.8 Å². The first kappa shape index (κ1) is 16.2. The number of rotatable bonds is 4. The summed E-state index contributed by atoms with van der Waals surface area (Å²) < 4.78 is 20.7. The molecule has 0 radical (unpaired) electrons. The molecule has 1 unspecified atom stereocenters. The smallest absolute Gasteiger partial charge is 0.167 e. The Labute approximate surface area is 140 Å². The van der Waals surface area contributed by atoms with E-state index in [1.54, 1.807) is 23.7 Å². The molecule has 0 aliphatic heterocycles. The van der Waals surface area contributed by atoms with E-state index < -0.39 is 11.9 Å². The molecule has 4 nitrogen and oxygen atoms in total. The zero-order valence-electron chi connectivity index (χ0n) is 13.8. The van der Waals surface area contributed by atoms with Gasteiger partial charge in [0.05, 0.1) is 30.3 Å². The van der Waals surface area contributed by atoms with Gasteiger partial charge in [0.2, 0.25) is 0 Å². The fraction of sp³-hybridized carbons (Fsp3) is 0.211. The molecule has 0 aliphatic carbocycles. The van der Waals surface area contributed by atoms with Crippen molar-refractivity contribution in [1.82, 2.24) is 9.78 Å². The number of hydrogen-bond acceptors (Lipinski definition) is 3. The van der Waals surface area contributed by atoms with E-state index in [-0.39, 0.29) is 5.75 Å². The van der Waals surface area contributed by atoms with E-state index >= 15 is 0 Å². The van der Waals surface area contributed by atoms with Gasteiger partial charge in [0.15, 0.2) is 11.6 Å². The van der Waals surface area contributed by atoms with Gasteiger partial charge in [-0.15, -0.1) is 0 Å². The van der Waals surface area contributed by atoms with E-state index in [1.807, 2.05) is 37.3 Å². The van der Waals surface area contributed by atoms with E-state index in [2.05, 4.69) is 5.10 Å². The highest BCUT2D eigenvalue weighted by molar-refractivity contribution is 5.63. The molecule has 0 bridgehead atoms. The number of hydrogen-bond donors (Lipinski definition) is 1. The van der Waals surface area contributed by atoms with Crippen LogP contribution in [0.15, 0.2) is 48.5 Å². The second kappa shape index (κ2) is 6.45. The number of benzene rings is 2.